The van der Waals surface area contributed by atoms with Gasteiger partial charge in [-0.1, -0.05) is 101 Å². The van der Waals surface area contributed by atoms with Crippen molar-refractivity contribution in [3.05, 3.63) is 96.6 Å². The molecule has 1 atom stereocenters. The fraction of sp³-hybridized carbons (Fsp3) is 0.333. The highest BCUT2D eigenvalue weighted by atomic mass is 32.2. The van der Waals surface area contributed by atoms with Gasteiger partial charge in [-0.25, -0.2) is 13.6 Å². The Morgan fingerprint density at radius 2 is 1.72 bits per heavy atom. The number of sulfonamides is 1. The summed E-state index contributed by atoms with van der Waals surface area (Å²) in [5, 5.41) is 6.43. The number of amides is 1. The molecule has 2 heterocycles. The zero-order valence-corrected chi connectivity index (χ0v) is 30.3. The van der Waals surface area contributed by atoms with Gasteiger partial charge in [0.25, 0.3) is 0 Å². The molecule has 0 spiro atoms. The van der Waals surface area contributed by atoms with Gasteiger partial charge in [-0.05, 0) is 71.4 Å². The summed E-state index contributed by atoms with van der Waals surface area (Å²) in [5.41, 5.74) is 10.1. The lowest BCUT2D eigenvalue weighted by molar-refractivity contribution is -0.120. The molecule has 1 amide bonds. The second-order valence-corrected chi connectivity index (χ2v) is 15.0. The third-order valence-corrected chi connectivity index (χ3v) is 11.4. The average Bonchev–Trinajstić information content (AvgIpc) is 3.53. The molecule has 0 bridgehead atoms. The molecule has 0 radical (unpaired) electrons. The van der Waals surface area contributed by atoms with Crippen LogP contribution in [0.5, 0.6) is 5.75 Å². The largest absolute Gasteiger partial charge is 0.490 e. The number of aromatic nitrogens is 1. The number of carbonyl (C=O) groups is 1. The maximum atomic E-state index is 15.1. The Morgan fingerprint density at radius 3 is 2.48 bits per heavy atom. The predicted molar refractivity (Wildman–Crippen MR) is 204 cm³/mol. The van der Waals surface area contributed by atoms with Gasteiger partial charge < -0.3 is 20.3 Å². The van der Waals surface area contributed by atoms with E-state index >= 15 is 4.79 Å². The average molecular weight is 712 g/mol. The molecule has 262 valence electrons. The van der Waals surface area contributed by atoms with Crippen LogP contribution in [-0.4, -0.2) is 37.9 Å². The third-order valence-electron chi connectivity index (χ3n) is 9.55. The highest BCUT2D eigenvalue weighted by Crippen LogP contribution is 2.40. The Kier molecular flexibility index (Phi) is 11.1. The summed E-state index contributed by atoms with van der Waals surface area (Å²) in [5.74, 6) is 1.46. The summed E-state index contributed by atoms with van der Waals surface area (Å²) in [6.45, 7) is 5.27. The number of carbonyl (C=O) groups excluding carboxylic acids is 1. The minimum absolute atomic E-state index is 0.00949. The van der Waals surface area contributed by atoms with Gasteiger partial charge in [-0.2, -0.15) is 4.37 Å². The van der Waals surface area contributed by atoms with Crippen LogP contribution < -0.4 is 25.4 Å². The van der Waals surface area contributed by atoms with Gasteiger partial charge in [0.1, 0.15) is 24.2 Å². The van der Waals surface area contributed by atoms with E-state index in [1.807, 2.05) is 55.1 Å². The molecule has 11 heteroatoms. The number of nitrogens with zero attached hydrogens (tertiary/aromatic N) is 3. The number of fused-ring (bicyclic) bond motifs is 2. The van der Waals surface area contributed by atoms with Crippen molar-refractivity contribution >= 4 is 54.7 Å². The van der Waals surface area contributed by atoms with E-state index in [0.717, 1.165) is 40.6 Å². The quantitative estimate of drug-likeness (QED) is 0.158. The van der Waals surface area contributed by atoms with Gasteiger partial charge in [-0.15, -0.1) is 0 Å². The summed E-state index contributed by atoms with van der Waals surface area (Å²) in [7, 11) is -3.95. The molecule has 7 rings (SSSR count). The molecule has 5 aromatic rings. The number of primary sulfonamides is 1. The fourth-order valence-electron chi connectivity index (χ4n) is 7.14. The maximum Gasteiger partial charge on any atom is 0.249 e. The minimum atomic E-state index is -3.95. The summed E-state index contributed by atoms with van der Waals surface area (Å²) in [6, 6.07) is 28.1. The first-order valence-corrected chi connectivity index (χ1v) is 19.7. The van der Waals surface area contributed by atoms with Crippen LogP contribution in [0.25, 0.3) is 21.2 Å². The van der Waals surface area contributed by atoms with Crippen LogP contribution in [-0.2, 0) is 21.4 Å². The van der Waals surface area contributed by atoms with E-state index in [1.54, 1.807) is 24.3 Å². The number of hydrogen-bond acceptors (Lipinski definition) is 8. The number of hydrogen-bond donors (Lipinski definition) is 2. The van der Waals surface area contributed by atoms with E-state index < -0.39 is 16.1 Å². The van der Waals surface area contributed by atoms with Crippen LogP contribution in [0.15, 0.2) is 95.9 Å². The van der Waals surface area contributed by atoms with Crippen LogP contribution in [0.3, 0.4) is 0 Å². The molecule has 4 N–H and O–H groups in total. The van der Waals surface area contributed by atoms with Crippen LogP contribution >= 0.6 is 11.5 Å². The molecule has 1 fully saturated rings. The van der Waals surface area contributed by atoms with Gasteiger partial charge >= 0.3 is 0 Å². The van der Waals surface area contributed by atoms with Crippen molar-refractivity contribution in [1.82, 2.24) is 4.37 Å². The van der Waals surface area contributed by atoms with E-state index in [4.69, 9.17) is 15.6 Å². The zero-order chi connectivity index (χ0) is 35.3. The van der Waals surface area contributed by atoms with Gasteiger partial charge in [-0.3, -0.25) is 4.79 Å². The van der Waals surface area contributed by atoms with Crippen LogP contribution in [0.1, 0.15) is 57.9 Å². The van der Waals surface area contributed by atoms with E-state index in [0.29, 0.717) is 54.0 Å². The molecule has 50 heavy (non-hydrogen) atoms. The van der Waals surface area contributed by atoms with Crippen molar-refractivity contribution in [2.75, 3.05) is 28.7 Å². The Bertz CT molecular complexity index is 2040. The topological polar surface area (TPSA) is 132 Å². The molecular weight excluding hydrogens is 667 g/mol. The highest BCUT2D eigenvalue weighted by molar-refractivity contribution is 7.89. The molecule has 1 saturated carbocycles. The number of nitrogens with two attached hydrogens (primary N) is 2. The van der Waals surface area contributed by atoms with Crippen LogP contribution in [0.4, 0.5) is 17.2 Å². The molecule has 9 nitrogen and oxygen atoms in total. The lowest BCUT2D eigenvalue weighted by Crippen LogP contribution is -2.52. The smallest absolute Gasteiger partial charge is 0.249 e. The zero-order valence-electron chi connectivity index (χ0n) is 28.6. The SMILES string of the molecule is CC.Nc1nsc2ccc(N(Cc3ccccc3)C(CC3CCCCC3)C(=O)N3CCOc4cc(-c5ccccc5S(N)(=O)=O)ccc43)cc12. The second-order valence-electron chi connectivity index (χ2n) is 12.7. The van der Waals surface area contributed by atoms with E-state index in [9.17, 15) is 8.42 Å². The normalized spacial score (nSPS) is 15.4. The van der Waals surface area contributed by atoms with Gasteiger partial charge in [0.2, 0.25) is 15.9 Å². The van der Waals surface area contributed by atoms with Gasteiger partial charge in [0.05, 0.1) is 21.8 Å². The maximum absolute atomic E-state index is 15.1. The van der Waals surface area contributed by atoms with Crippen LogP contribution in [0, 0.1) is 5.92 Å². The Labute approximate surface area is 299 Å². The van der Waals surface area contributed by atoms with Crippen molar-refractivity contribution in [2.24, 2.45) is 11.1 Å². The van der Waals surface area contributed by atoms with Crippen molar-refractivity contribution in [1.29, 1.82) is 0 Å². The molecule has 0 saturated heterocycles. The first-order valence-electron chi connectivity index (χ1n) is 17.4. The van der Waals surface area contributed by atoms with E-state index in [2.05, 4.69) is 33.5 Å². The number of anilines is 3. The summed E-state index contributed by atoms with van der Waals surface area (Å²) in [6.07, 6.45) is 6.53. The number of benzene rings is 4. The molecule has 1 aliphatic carbocycles. The fourth-order valence-corrected chi connectivity index (χ4v) is 8.58. The minimum Gasteiger partial charge on any atom is -0.490 e. The highest BCUT2D eigenvalue weighted by Gasteiger charge is 2.36. The predicted octanol–water partition coefficient (Wildman–Crippen LogP) is 7.99. The molecule has 4 aromatic carbocycles. The van der Waals surface area contributed by atoms with Crippen molar-refractivity contribution in [3.8, 4) is 16.9 Å². The molecule has 1 unspecified atom stereocenters. The lowest BCUT2D eigenvalue weighted by atomic mass is 9.84. The number of ether oxygens (including phenoxy) is 1. The lowest BCUT2D eigenvalue weighted by Gasteiger charge is -2.40. The van der Waals surface area contributed by atoms with E-state index in [-0.39, 0.29) is 10.8 Å². The first-order chi connectivity index (χ1) is 24.3. The monoisotopic (exact) mass is 711 g/mol. The Balaban J connectivity index is 0.00000212. The second kappa shape index (κ2) is 15.6. The number of nitrogen functional groups attached to an aromatic ring is 1. The summed E-state index contributed by atoms with van der Waals surface area (Å²) >= 11 is 1.38. The molecule has 1 aliphatic heterocycles. The molecule has 1 aromatic heterocycles. The summed E-state index contributed by atoms with van der Waals surface area (Å²) in [4.78, 5) is 19.2. The van der Waals surface area contributed by atoms with Crippen LogP contribution in [0.2, 0.25) is 0 Å². The van der Waals surface area contributed by atoms with Crippen molar-refractivity contribution < 1.29 is 17.9 Å². The summed E-state index contributed by atoms with van der Waals surface area (Å²) < 4.78 is 36.2. The first kappa shape index (κ1) is 35.4. The van der Waals surface area contributed by atoms with Crippen molar-refractivity contribution in [2.45, 2.75) is 69.9 Å². The van der Waals surface area contributed by atoms with Crippen molar-refractivity contribution in [3.63, 3.8) is 0 Å². The molecule has 2 aliphatic rings. The van der Waals surface area contributed by atoms with E-state index in [1.165, 1.54) is 36.9 Å². The van der Waals surface area contributed by atoms with Gasteiger partial charge in [0, 0.05) is 23.2 Å². The Hall–Kier alpha value is -4.45. The Morgan fingerprint density at radius 1 is 0.980 bits per heavy atom. The third kappa shape index (κ3) is 7.65. The van der Waals surface area contributed by atoms with Gasteiger partial charge in [0.15, 0.2) is 0 Å². The number of rotatable bonds is 9. The molecular formula is C39H45N5O4S2. The standard InChI is InChI=1S/C37H39N5O4S2.C2H6/c38-36-30-23-28(16-18-34(30)47-40-36)42(24-26-11-5-2-6-12-26)32(21-25-9-3-1-4-10-25)37(43)41-19-20-46-33-22-27(15-17-31(33)41)29-13-7-8-14-35(29)48(39,44)45;1-2/h2,5-8,11-18,22-23,25,32H,1,3-4,9-10,19-21,24H2,(H2,38,40)(H2,39,44,45);1-2H3.